The quantitative estimate of drug-likeness (QED) is 0.540. The molecule has 1 aliphatic rings. The summed E-state index contributed by atoms with van der Waals surface area (Å²) in [4.78, 5) is 24.4. The van der Waals surface area contributed by atoms with Gasteiger partial charge in [-0.15, -0.1) is 0 Å². The molecule has 3 N–H and O–H groups in total. The van der Waals surface area contributed by atoms with Crippen LogP contribution in [0.2, 0.25) is 0 Å². The number of aryl methyl sites for hydroxylation is 2. The van der Waals surface area contributed by atoms with E-state index >= 15 is 0 Å². The molecule has 4 rings (SSSR count). The summed E-state index contributed by atoms with van der Waals surface area (Å²) in [5.74, 6) is -0.289. The number of hydrogen-bond donors (Lipinski definition) is 3. The number of sulfonamides is 1. The highest BCUT2D eigenvalue weighted by Crippen LogP contribution is 2.25. The Labute approximate surface area is 185 Å². The van der Waals surface area contributed by atoms with E-state index in [0.29, 0.717) is 35.3 Å². The number of nitrogens with one attached hydrogen (secondary N) is 3. The maximum Gasteiger partial charge on any atom is 0.264 e. The van der Waals surface area contributed by atoms with Gasteiger partial charge in [-0.1, -0.05) is 5.16 Å². The average molecular weight is 455 g/mol. The third-order valence-corrected chi connectivity index (χ3v) is 6.65. The molecule has 9 nitrogen and oxygen atoms in total. The second-order valence-electron chi connectivity index (χ2n) is 7.58. The van der Waals surface area contributed by atoms with Gasteiger partial charge < -0.3 is 15.2 Å². The molecule has 2 aromatic carbocycles. The lowest BCUT2D eigenvalue weighted by Gasteiger charge is -2.11. The molecule has 10 heteroatoms. The van der Waals surface area contributed by atoms with E-state index in [2.05, 4.69) is 20.5 Å². The predicted octanol–water partition coefficient (Wildman–Crippen LogP) is 3.62. The smallest absolute Gasteiger partial charge is 0.264 e. The Balaban J connectivity index is 1.47. The second kappa shape index (κ2) is 8.46. The number of anilines is 3. The molecule has 1 aromatic heterocycles. The molecule has 0 saturated carbocycles. The standard InChI is InChI=1S/C22H22N4O5S/c1-13-14(2)25-31-22(13)26-32(29,30)18-9-7-17(8-10-18)23-21(28)16-6-11-19-15(12-16)4-3-5-20(27)24-19/h6-12,26H,3-5H2,1-2H3,(H,23,28)(H,24,27). The summed E-state index contributed by atoms with van der Waals surface area (Å²) in [6, 6.07) is 10.9. The SMILES string of the molecule is Cc1noc(NS(=O)(=O)c2ccc(NC(=O)c3ccc4c(c3)CCCC(=O)N4)cc2)c1C. The zero-order valence-corrected chi connectivity index (χ0v) is 18.4. The van der Waals surface area contributed by atoms with Gasteiger partial charge in [0, 0.05) is 28.9 Å². The Kier molecular flexibility index (Phi) is 5.70. The third kappa shape index (κ3) is 4.50. The summed E-state index contributed by atoms with van der Waals surface area (Å²) >= 11 is 0. The first-order chi connectivity index (χ1) is 15.2. The minimum absolute atomic E-state index is 0.0183. The molecule has 32 heavy (non-hydrogen) atoms. The summed E-state index contributed by atoms with van der Waals surface area (Å²) in [6.45, 7) is 3.42. The van der Waals surface area contributed by atoms with Gasteiger partial charge in [-0.2, -0.15) is 0 Å². The molecule has 0 aliphatic carbocycles. The van der Waals surface area contributed by atoms with Gasteiger partial charge in [-0.05, 0) is 74.7 Å². The fourth-order valence-corrected chi connectivity index (χ4v) is 4.37. The van der Waals surface area contributed by atoms with Crippen LogP contribution in [0.1, 0.15) is 40.0 Å². The van der Waals surface area contributed by atoms with Crippen molar-refractivity contribution < 1.29 is 22.5 Å². The van der Waals surface area contributed by atoms with E-state index in [9.17, 15) is 18.0 Å². The zero-order valence-electron chi connectivity index (χ0n) is 17.6. The average Bonchev–Trinajstić information content (AvgIpc) is 2.95. The van der Waals surface area contributed by atoms with Gasteiger partial charge in [0.25, 0.3) is 15.9 Å². The summed E-state index contributed by atoms with van der Waals surface area (Å²) in [6.07, 6.45) is 1.88. The van der Waals surface area contributed by atoms with E-state index in [4.69, 9.17) is 4.52 Å². The van der Waals surface area contributed by atoms with Crippen molar-refractivity contribution in [1.29, 1.82) is 0 Å². The van der Waals surface area contributed by atoms with Crippen LogP contribution >= 0.6 is 0 Å². The molecular formula is C22H22N4O5S. The second-order valence-corrected chi connectivity index (χ2v) is 9.26. The highest BCUT2D eigenvalue weighted by atomic mass is 32.2. The molecule has 0 atom stereocenters. The molecule has 0 saturated heterocycles. The highest BCUT2D eigenvalue weighted by molar-refractivity contribution is 7.92. The molecule has 0 bridgehead atoms. The molecule has 0 radical (unpaired) electrons. The Morgan fingerprint density at radius 1 is 1.09 bits per heavy atom. The van der Waals surface area contributed by atoms with Crippen molar-refractivity contribution in [3.8, 4) is 0 Å². The van der Waals surface area contributed by atoms with Crippen molar-refractivity contribution >= 4 is 39.1 Å². The minimum atomic E-state index is -3.87. The number of carbonyl (C=O) groups is 2. The lowest BCUT2D eigenvalue weighted by molar-refractivity contribution is -0.116. The molecule has 0 fully saturated rings. The van der Waals surface area contributed by atoms with Gasteiger partial charge in [-0.25, -0.2) is 13.1 Å². The summed E-state index contributed by atoms with van der Waals surface area (Å²) in [5, 5.41) is 9.33. The number of aromatic nitrogens is 1. The summed E-state index contributed by atoms with van der Waals surface area (Å²) in [7, 11) is -3.87. The zero-order chi connectivity index (χ0) is 22.9. The minimum Gasteiger partial charge on any atom is -0.337 e. The van der Waals surface area contributed by atoms with Crippen molar-refractivity contribution in [3.05, 3.63) is 64.8 Å². The van der Waals surface area contributed by atoms with E-state index in [1.807, 2.05) is 0 Å². The van der Waals surface area contributed by atoms with Crippen LogP contribution in [0.5, 0.6) is 0 Å². The number of fused-ring (bicyclic) bond motifs is 1. The fraction of sp³-hybridized carbons (Fsp3) is 0.227. The molecule has 0 spiro atoms. The Bertz CT molecular complexity index is 1300. The van der Waals surface area contributed by atoms with E-state index < -0.39 is 10.0 Å². The van der Waals surface area contributed by atoms with Gasteiger partial charge in [0.05, 0.1) is 10.6 Å². The number of carbonyl (C=O) groups excluding carboxylic acids is 2. The fourth-order valence-electron chi connectivity index (χ4n) is 3.33. The van der Waals surface area contributed by atoms with Crippen molar-refractivity contribution in [2.75, 3.05) is 15.4 Å². The van der Waals surface area contributed by atoms with Gasteiger partial charge in [0.15, 0.2) is 0 Å². The van der Waals surface area contributed by atoms with Crippen LogP contribution in [0.4, 0.5) is 17.3 Å². The van der Waals surface area contributed by atoms with Gasteiger partial charge in [0.2, 0.25) is 11.8 Å². The monoisotopic (exact) mass is 454 g/mol. The summed E-state index contributed by atoms with van der Waals surface area (Å²) < 4.78 is 32.6. The van der Waals surface area contributed by atoms with Crippen molar-refractivity contribution in [2.24, 2.45) is 0 Å². The molecule has 2 heterocycles. The topological polar surface area (TPSA) is 130 Å². The normalized spacial score (nSPS) is 13.6. The van der Waals surface area contributed by atoms with E-state index in [-0.39, 0.29) is 22.6 Å². The van der Waals surface area contributed by atoms with Crippen LogP contribution in [-0.2, 0) is 21.2 Å². The van der Waals surface area contributed by atoms with E-state index in [0.717, 1.165) is 17.7 Å². The lowest BCUT2D eigenvalue weighted by atomic mass is 10.0. The Morgan fingerprint density at radius 2 is 1.84 bits per heavy atom. The largest absolute Gasteiger partial charge is 0.337 e. The van der Waals surface area contributed by atoms with Crippen LogP contribution in [0.25, 0.3) is 0 Å². The first-order valence-electron chi connectivity index (χ1n) is 10.0. The van der Waals surface area contributed by atoms with Crippen LogP contribution < -0.4 is 15.4 Å². The number of amides is 2. The van der Waals surface area contributed by atoms with Crippen molar-refractivity contribution in [2.45, 2.75) is 38.0 Å². The maximum atomic E-state index is 12.7. The van der Waals surface area contributed by atoms with Crippen molar-refractivity contribution in [1.82, 2.24) is 5.16 Å². The lowest BCUT2D eigenvalue weighted by Crippen LogP contribution is -2.15. The van der Waals surface area contributed by atoms with Crippen LogP contribution in [-0.4, -0.2) is 25.4 Å². The van der Waals surface area contributed by atoms with Gasteiger partial charge in [-0.3, -0.25) is 9.59 Å². The Morgan fingerprint density at radius 3 is 2.53 bits per heavy atom. The first-order valence-corrected chi connectivity index (χ1v) is 11.5. The number of rotatable bonds is 5. The number of nitrogens with zero attached hydrogens (tertiary/aromatic N) is 1. The van der Waals surface area contributed by atoms with Crippen molar-refractivity contribution in [3.63, 3.8) is 0 Å². The molecule has 0 unspecified atom stereocenters. The Hall–Kier alpha value is -3.66. The molecule has 166 valence electrons. The molecular weight excluding hydrogens is 432 g/mol. The molecule has 2 amide bonds. The first kappa shape index (κ1) is 21.6. The molecule has 3 aromatic rings. The number of hydrogen-bond acceptors (Lipinski definition) is 6. The molecule has 1 aliphatic heterocycles. The third-order valence-electron chi connectivity index (χ3n) is 5.30. The summed E-state index contributed by atoms with van der Waals surface area (Å²) in [5.41, 5.74) is 3.74. The van der Waals surface area contributed by atoms with E-state index in [1.165, 1.54) is 24.3 Å². The van der Waals surface area contributed by atoms with Gasteiger partial charge >= 0.3 is 0 Å². The van der Waals surface area contributed by atoms with Gasteiger partial charge in [0.1, 0.15) is 0 Å². The highest BCUT2D eigenvalue weighted by Gasteiger charge is 2.20. The maximum absolute atomic E-state index is 12.7. The van der Waals surface area contributed by atoms with Crippen LogP contribution in [0.15, 0.2) is 51.9 Å². The van der Waals surface area contributed by atoms with Crippen LogP contribution in [0, 0.1) is 13.8 Å². The predicted molar refractivity (Wildman–Crippen MR) is 119 cm³/mol. The van der Waals surface area contributed by atoms with Crippen LogP contribution in [0.3, 0.4) is 0 Å². The van der Waals surface area contributed by atoms with E-state index in [1.54, 1.807) is 32.0 Å². The number of benzene rings is 2.